The van der Waals surface area contributed by atoms with Crippen molar-refractivity contribution in [1.29, 1.82) is 0 Å². The van der Waals surface area contributed by atoms with Crippen molar-refractivity contribution in [3.05, 3.63) is 107 Å². The number of hydrogen-bond donors (Lipinski definition) is 2. The molecule has 16 nitrogen and oxygen atoms in total. The molecule has 3 aromatic heterocycles. The number of anilines is 2. The van der Waals surface area contributed by atoms with Crippen molar-refractivity contribution >= 4 is 51.7 Å². The van der Waals surface area contributed by atoms with E-state index in [0.29, 0.717) is 36.0 Å². The zero-order chi connectivity index (χ0) is 46.2. The quantitative estimate of drug-likeness (QED) is 0.175. The summed E-state index contributed by atoms with van der Waals surface area (Å²) in [6.45, 7) is 2.85. The molecule has 4 saturated heterocycles. The van der Waals surface area contributed by atoms with Gasteiger partial charge in [-0.3, -0.25) is 44.5 Å². The molecule has 2 N–H and O–H groups in total. The van der Waals surface area contributed by atoms with Crippen LogP contribution in [0, 0.1) is 11.2 Å². The third-order valence-corrected chi connectivity index (χ3v) is 14.6. The fourth-order valence-corrected chi connectivity index (χ4v) is 11.1. The van der Waals surface area contributed by atoms with Crippen molar-refractivity contribution in [3.63, 3.8) is 0 Å². The molecule has 6 aliphatic heterocycles. The monoisotopic (exact) mass is 934 g/mol. The van der Waals surface area contributed by atoms with Gasteiger partial charge >= 0.3 is 0 Å². The summed E-state index contributed by atoms with van der Waals surface area (Å²) in [5, 5.41) is 7.17. The molecule has 3 atom stereocenters. The van der Waals surface area contributed by atoms with E-state index in [1.807, 2.05) is 28.8 Å². The zero-order valence-electron chi connectivity index (χ0n) is 36.1. The molecule has 9 heterocycles. The Morgan fingerprint density at radius 3 is 2.49 bits per heavy atom. The Morgan fingerprint density at radius 2 is 1.76 bits per heavy atom. The molecule has 20 heteroatoms. The van der Waals surface area contributed by atoms with Crippen LogP contribution in [0.2, 0.25) is 0 Å². The van der Waals surface area contributed by atoms with E-state index in [2.05, 4.69) is 30.5 Å². The molecule has 4 fully saturated rings. The van der Waals surface area contributed by atoms with Crippen molar-refractivity contribution < 1.29 is 41.9 Å². The van der Waals surface area contributed by atoms with E-state index < -0.39 is 54.1 Å². The number of carbonyl (C=O) groups excluding carboxylic acids is 5. The lowest BCUT2D eigenvalue weighted by Crippen LogP contribution is -2.73. The Hall–Kier alpha value is -6.67. The van der Waals surface area contributed by atoms with Gasteiger partial charge in [0.25, 0.3) is 23.6 Å². The summed E-state index contributed by atoms with van der Waals surface area (Å²) in [7, 11) is 0. The predicted molar refractivity (Wildman–Crippen MR) is 237 cm³/mol. The van der Waals surface area contributed by atoms with Crippen LogP contribution in [0.5, 0.6) is 5.75 Å². The maximum atomic E-state index is 15.9. The van der Waals surface area contributed by atoms with Gasteiger partial charge in [-0.1, -0.05) is 12.1 Å². The summed E-state index contributed by atoms with van der Waals surface area (Å²) in [6, 6.07) is 12.7. The molecule has 11 rings (SSSR count). The number of hydrogen-bond acceptors (Lipinski definition) is 12. The SMILES string of the molecule is O=C1CCC(Oc2ccc(C3CCN(CC(=O)N4CC5(C4)CN(c4ccc(-c6cc(F)c7c(c6)C(=O)N(C(C(=O)Nc6nccs6)c6ncn8c6CCC8)C7)cc4)C5)CC3(F)F)nc2)C(=O)N1. The minimum absolute atomic E-state index is 0.0773. The molecule has 67 heavy (non-hydrogen) atoms. The number of aromatic nitrogens is 4. The minimum atomic E-state index is -3.13. The Labute approximate surface area is 386 Å². The van der Waals surface area contributed by atoms with Gasteiger partial charge in [-0.15, -0.1) is 11.3 Å². The highest BCUT2D eigenvalue weighted by molar-refractivity contribution is 7.13. The number of likely N-dealkylation sites (tertiary alicyclic amines) is 2. The van der Waals surface area contributed by atoms with E-state index in [9.17, 15) is 24.0 Å². The summed E-state index contributed by atoms with van der Waals surface area (Å²) in [4.78, 5) is 84.5. The number of aryl methyl sites for hydroxylation is 1. The number of imidazole rings is 1. The fourth-order valence-electron chi connectivity index (χ4n) is 10.5. The van der Waals surface area contributed by atoms with Crippen molar-refractivity contribution in [2.24, 2.45) is 5.41 Å². The standard InChI is InChI=1S/C47H45F3N10O6S/c48-34-17-28(16-31-32(34)19-60(44(31)65)41(43(64)55-45-51-12-15-67-45)40-36-2-1-13-57(36)26-53-40)27-3-5-29(6-4-27)58-21-46(22-58)23-59(24-46)39(62)20-56-14-11-33(47(49,50)25-56)35-8-7-30(18-52-35)66-37-9-10-38(61)54-42(37)63/h3-8,12,15-18,26,33,37,41H,1-2,9-11,13-14,19-25H2,(H,51,55,64)(H,54,61,63). The fraction of sp³-hybridized carbons (Fsp3) is 0.404. The van der Waals surface area contributed by atoms with Gasteiger partial charge in [0.05, 0.1) is 43.8 Å². The van der Waals surface area contributed by atoms with E-state index >= 15 is 13.2 Å². The van der Waals surface area contributed by atoms with E-state index in [1.165, 1.54) is 45.5 Å². The summed E-state index contributed by atoms with van der Waals surface area (Å²) >= 11 is 1.26. The number of thiazole rings is 1. The van der Waals surface area contributed by atoms with E-state index in [1.54, 1.807) is 28.9 Å². The van der Waals surface area contributed by atoms with Gasteiger partial charge in [-0.05, 0) is 73.3 Å². The van der Waals surface area contributed by atoms with Crippen LogP contribution in [0.1, 0.15) is 70.6 Å². The second-order valence-corrected chi connectivity index (χ2v) is 19.4. The van der Waals surface area contributed by atoms with Crippen LogP contribution in [0.4, 0.5) is 24.0 Å². The lowest BCUT2D eigenvalue weighted by atomic mass is 9.72. The van der Waals surface area contributed by atoms with Crippen molar-refractivity contribution in [2.45, 2.75) is 69.2 Å². The molecule has 5 amide bonds. The number of imide groups is 1. The van der Waals surface area contributed by atoms with Gasteiger partial charge in [0.15, 0.2) is 17.3 Å². The number of ether oxygens (including phenoxy) is 1. The number of piperidine rings is 2. The molecular weight excluding hydrogens is 890 g/mol. The number of alkyl halides is 2. The lowest BCUT2D eigenvalue weighted by Gasteiger charge is -2.61. The van der Waals surface area contributed by atoms with E-state index in [0.717, 1.165) is 49.4 Å². The molecule has 0 saturated carbocycles. The van der Waals surface area contributed by atoms with Crippen molar-refractivity contribution in [3.8, 4) is 16.9 Å². The Bertz CT molecular complexity index is 2790. The molecule has 6 aliphatic rings. The average molecular weight is 935 g/mol. The highest BCUT2D eigenvalue weighted by Gasteiger charge is 2.54. The average Bonchev–Trinajstić information content (AvgIpc) is 4.09. The van der Waals surface area contributed by atoms with Crippen LogP contribution < -0.4 is 20.3 Å². The summed E-state index contributed by atoms with van der Waals surface area (Å²) in [5.74, 6) is -6.56. The predicted octanol–water partition coefficient (Wildman–Crippen LogP) is 4.78. The number of carbonyl (C=O) groups is 5. The summed E-state index contributed by atoms with van der Waals surface area (Å²) < 4.78 is 54.6. The zero-order valence-corrected chi connectivity index (χ0v) is 36.9. The molecule has 5 aromatic rings. The number of nitrogens with one attached hydrogen (secondary N) is 2. The van der Waals surface area contributed by atoms with Gasteiger partial charge in [0.1, 0.15) is 11.6 Å². The van der Waals surface area contributed by atoms with Crippen LogP contribution in [0.25, 0.3) is 11.1 Å². The third-order valence-electron chi connectivity index (χ3n) is 13.9. The summed E-state index contributed by atoms with van der Waals surface area (Å²) in [6.07, 6.45) is 5.83. The molecule has 1 spiro atoms. The first-order chi connectivity index (χ1) is 32.3. The minimum Gasteiger partial charge on any atom is -0.479 e. The number of benzene rings is 2. The van der Waals surface area contributed by atoms with Crippen LogP contribution >= 0.6 is 11.3 Å². The van der Waals surface area contributed by atoms with Crippen LogP contribution in [-0.2, 0) is 38.7 Å². The Balaban J connectivity index is 0.676. The molecule has 0 aliphatic carbocycles. The van der Waals surface area contributed by atoms with Crippen LogP contribution in [0.3, 0.4) is 0 Å². The molecule has 346 valence electrons. The molecule has 2 aromatic carbocycles. The van der Waals surface area contributed by atoms with Gasteiger partial charge in [-0.25, -0.2) is 23.1 Å². The van der Waals surface area contributed by atoms with Crippen molar-refractivity contribution in [1.82, 2.24) is 39.5 Å². The summed E-state index contributed by atoms with van der Waals surface area (Å²) in [5.41, 5.74) is 4.15. The van der Waals surface area contributed by atoms with Crippen LogP contribution in [0.15, 0.2) is 72.6 Å². The van der Waals surface area contributed by atoms with E-state index in [-0.39, 0.29) is 72.2 Å². The lowest BCUT2D eigenvalue weighted by molar-refractivity contribution is -0.149. The number of pyridine rings is 1. The number of amides is 5. The van der Waals surface area contributed by atoms with Gasteiger partial charge in [-0.2, -0.15) is 0 Å². The number of fused-ring (bicyclic) bond motifs is 2. The van der Waals surface area contributed by atoms with Gasteiger partial charge in [0, 0.05) is 90.8 Å². The van der Waals surface area contributed by atoms with Crippen LogP contribution in [-0.4, -0.2) is 122 Å². The Morgan fingerprint density at radius 1 is 0.940 bits per heavy atom. The smallest absolute Gasteiger partial charge is 0.268 e. The van der Waals surface area contributed by atoms with E-state index in [4.69, 9.17) is 4.74 Å². The highest BCUT2D eigenvalue weighted by atomic mass is 32.1. The Kier molecular flexibility index (Phi) is 10.6. The van der Waals surface area contributed by atoms with Crippen molar-refractivity contribution in [2.75, 3.05) is 56.0 Å². The highest BCUT2D eigenvalue weighted by Crippen LogP contribution is 2.44. The second kappa shape index (κ2) is 16.6. The third kappa shape index (κ3) is 7.98. The number of nitrogens with zero attached hydrogens (tertiary/aromatic N) is 8. The number of rotatable bonds is 11. The van der Waals surface area contributed by atoms with Gasteiger partial charge in [0.2, 0.25) is 11.8 Å². The molecular formula is C47H45F3N10O6S. The normalized spacial score (nSPS) is 22.2. The topological polar surface area (TPSA) is 175 Å². The number of halogens is 3. The molecule has 0 bridgehead atoms. The molecule has 3 unspecified atom stereocenters. The second-order valence-electron chi connectivity index (χ2n) is 18.5. The molecule has 0 radical (unpaired) electrons. The largest absolute Gasteiger partial charge is 0.479 e. The van der Waals surface area contributed by atoms with Gasteiger partial charge < -0.3 is 24.0 Å². The maximum absolute atomic E-state index is 15.9. The first-order valence-electron chi connectivity index (χ1n) is 22.4. The first-order valence-corrected chi connectivity index (χ1v) is 23.2. The maximum Gasteiger partial charge on any atom is 0.268 e. The first kappa shape index (κ1) is 42.9.